The minimum Gasteiger partial charge on any atom is -0.325 e. The summed E-state index contributed by atoms with van der Waals surface area (Å²) in [6.07, 6.45) is 0. The fourth-order valence-electron chi connectivity index (χ4n) is 2.24. The first-order valence-corrected chi connectivity index (χ1v) is 11.7. The summed E-state index contributed by atoms with van der Waals surface area (Å²) in [5.74, 6) is 0.174. The molecule has 27 heavy (non-hydrogen) atoms. The number of thioether (sulfide) groups is 1. The summed E-state index contributed by atoms with van der Waals surface area (Å²) in [6.45, 7) is 3.58. The van der Waals surface area contributed by atoms with Crippen LogP contribution in [0.2, 0.25) is 0 Å². The lowest BCUT2D eigenvalue weighted by Gasteiger charge is -2.04. The van der Waals surface area contributed by atoms with Gasteiger partial charge in [-0.3, -0.25) is 9.52 Å². The minimum atomic E-state index is -3.31. The van der Waals surface area contributed by atoms with E-state index in [1.807, 2.05) is 31.2 Å². The number of carbonyl (C=O) groups is 1. The van der Waals surface area contributed by atoms with Crippen molar-refractivity contribution < 1.29 is 13.2 Å². The second kappa shape index (κ2) is 8.28. The fraction of sp³-hybridized carbons (Fsp3) is 0.222. The van der Waals surface area contributed by atoms with Gasteiger partial charge in [-0.2, -0.15) is 0 Å². The third-order valence-electron chi connectivity index (χ3n) is 3.68. The molecule has 0 spiro atoms. The Balaban J connectivity index is 1.63. The molecule has 2 aromatic carbocycles. The van der Waals surface area contributed by atoms with Gasteiger partial charge in [0.05, 0.1) is 27.4 Å². The Bertz CT molecular complexity index is 1060. The van der Waals surface area contributed by atoms with Crippen molar-refractivity contribution in [1.82, 2.24) is 4.98 Å². The van der Waals surface area contributed by atoms with Crippen LogP contribution in [0.25, 0.3) is 10.2 Å². The first-order valence-electron chi connectivity index (χ1n) is 8.25. The number of sulfonamides is 1. The van der Waals surface area contributed by atoms with Gasteiger partial charge < -0.3 is 5.32 Å². The number of fused-ring (bicyclic) bond motifs is 1. The van der Waals surface area contributed by atoms with E-state index in [2.05, 4.69) is 15.0 Å². The van der Waals surface area contributed by atoms with Crippen molar-refractivity contribution in [2.24, 2.45) is 0 Å². The summed E-state index contributed by atoms with van der Waals surface area (Å²) in [6, 6.07) is 12.9. The van der Waals surface area contributed by atoms with Gasteiger partial charge in [0.2, 0.25) is 15.9 Å². The summed E-state index contributed by atoms with van der Waals surface area (Å²) >= 11 is 2.79. The number of aryl methyl sites for hydroxylation is 1. The molecule has 142 valence electrons. The SMILES string of the molecule is CCS(=O)(=O)Nc1ccc2nc(SCC(=O)Nc3ccc(C)cc3)sc2c1. The molecule has 6 nitrogen and oxygen atoms in total. The number of hydrogen-bond acceptors (Lipinski definition) is 6. The number of thiazole rings is 1. The molecule has 1 heterocycles. The Labute approximate surface area is 166 Å². The average Bonchev–Trinajstić information content (AvgIpc) is 3.04. The molecule has 3 aromatic rings. The molecule has 2 N–H and O–H groups in total. The topological polar surface area (TPSA) is 88.2 Å². The zero-order valence-electron chi connectivity index (χ0n) is 14.9. The summed E-state index contributed by atoms with van der Waals surface area (Å²) < 4.78 is 27.5. The maximum absolute atomic E-state index is 12.1. The predicted octanol–water partition coefficient (Wildman–Crippen LogP) is 4.10. The molecule has 0 atom stereocenters. The van der Waals surface area contributed by atoms with E-state index in [9.17, 15) is 13.2 Å². The maximum Gasteiger partial charge on any atom is 0.234 e. The second-order valence-electron chi connectivity index (χ2n) is 5.87. The fourth-order valence-corrected chi connectivity index (χ4v) is 4.78. The zero-order chi connectivity index (χ0) is 19.4. The monoisotopic (exact) mass is 421 g/mol. The molecule has 1 aromatic heterocycles. The largest absolute Gasteiger partial charge is 0.325 e. The molecule has 0 unspecified atom stereocenters. The van der Waals surface area contributed by atoms with Crippen LogP contribution in [-0.2, 0) is 14.8 Å². The lowest BCUT2D eigenvalue weighted by atomic mass is 10.2. The summed E-state index contributed by atoms with van der Waals surface area (Å²) in [4.78, 5) is 16.6. The Hall–Kier alpha value is -2.10. The van der Waals surface area contributed by atoms with Gasteiger partial charge in [0.25, 0.3) is 0 Å². The average molecular weight is 422 g/mol. The van der Waals surface area contributed by atoms with E-state index in [1.165, 1.54) is 23.1 Å². The molecule has 0 saturated carbocycles. The Kier molecular flexibility index (Phi) is 6.03. The van der Waals surface area contributed by atoms with Gasteiger partial charge in [-0.1, -0.05) is 29.5 Å². The first-order chi connectivity index (χ1) is 12.8. The van der Waals surface area contributed by atoms with Gasteiger partial charge in [0.1, 0.15) is 0 Å². The van der Waals surface area contributed by atoms with Crippen molar-refractivity contribution in [3.8, 4) is 0 Å². The van der Waals surface area contributed by atoms with Gasteiger partial charge in [-0.05, 0) is 44.2 Å². The summed E-state index contributed by atoms with van der Waals surface area (Å²) in [7, 11) is -3.31. The number of amides is 1. The van der Waals surface area contributed by atoms with Crippen LogP contribution in [0.5, 0.6) is 0 Å². The van der Waals surface area contributed by atoms with Crippen molar-refractivity contribution >= 4 is 60.6 Å². The number of anilines is 2. The molecule has 0 aliphatic carbocycles. The predicted molar refractivity (Wildman–Crippen MR) is 113 cm³/mol. The van der Waals surface area contributed by atoms with Gasteiger partial charge >= 0.3 is 0 Å². The molecule has 1 amide bonds. The molecular weight excluding hydrogens is 402 g/mol. The van der Waals surface area contributed by atoms with Crippen molar-refractivity contribution in [2.75, 3.05) is 21.5 Å². The number of nitrogens with one attached hydrogen (secondary N) is 2. The van der Waals surface area contributed by atoms with E-state index in [-0.39, 0.29) is 17.4 Å². The molecule has 0 radical (unpaired) electrons. The van der Waals surface area contributed by atoms with Crippen LogP contribution < -0.4 is 10.0 Å². The van der Waals surface area contributed by atoms with E-state index < -0.39 is 10.0 Å². The van der Waals surface area contributed by atoms with Crippen molar-refractivity contribution in [3.05, 3.63) is 48.0 Å². The minimum absolute atomic E-state index is 0.0188. The number of carbonyl (C=O) groups excluding carboxylic acids is 1. The van der Waals surface area contributed by atoms with E-state index in [1.54, 1.807) is 25.1 Å². The lowest BCUT2D eigenvalue weighted by molar-refractivity contribution is -0.113. The summed E-state index contributed by atoms with van der Waals surface area (Å²) in [5.41, 5.74) is 3.20. The molecule has 3 rings (SSSR count). The normalized spacial score (nSPS) is 11.5. The van der Waals surface area contributed by atoms with E-state index in [4.69, 9.17) is 0 Å². The van der Waals surface area contributed by atoms with Crippen LogP contribution in [0, 0.1) is 6.92 Å². The molecule has 0 aliphatic rings. The van der Waals surface area contributed by atoms with E-state index >= 15 is 0 Å². The first kappa shape index (κ1) is 19.7. The smallest absolute Gasteiger partial charge is 0.234 e. The van der Waals surface area contributed by atoms with E-state index in [0.29, 0.717) is 5.69 Å². The highest BCUT2D eigenvalue weighted by Crippen LogP contribution is 2.31. The van der Waals surface area contributed by atoms with Crippen molar-refractivity contribution in [2.45, 2.75) is 18.2 Å². The third kappa shape index (κ3) is 5.44. The Morgan fingerprint density at radius 2 is 1.85 bits per heavy atom. The van der Waals surface area contributed by atoms with E-state index in [0.717, 1.165) is 25.8 Å². The molecule has 0 fully saturated rings. The van der Waals surface area contributed by atoms with Crippen LogP contribution in [-0.4, -0.2) is 30.8 Å². The van der Waals surface area contributed by atoms with Crippen LogP contribution in [0.3, 0.4) is 0 Å². The van der Waals surface area contributed by atoms with Gasteiger partial charge in [-0.15, -0.1) is 11.3 Å². The van der Waals surface area contributed by atoms with Gasteiger partial charge in [0, 0.05) is 5.69 Å². The highest BCUT2D eigenvalue weighted by Gasteiger charge is 2.11. The lowest BCUT2D eigenvalue weighted by Crippen LogP contribution is -2.14. The second-order valence-corrected chi connectivity index (χ2v) is 10.1. The quantitative estimate of drug-likeness (QED) is 0.561. The number of nitrogens with zero attached hydrogens (tertiary/aromatic N) is 1. The zero-order valence-corrected chi connectivity index (χ0v) is 17.3. The van der Waals surface area contributed by atoms with Crippen molar-refractivity contribution in [1.29, 1.82) is 0 Å². The molecular formula is C18H19N3O3S3. The summed E-state index contributed by atoms with van der Waals surface area (Å²) in [5, 5.41) is 2.85. The number of aromatic nitrogens is 1. The Morgan fingerprint density at radius 1 is 1.15 bits per heavy atom. The highest BCUT2D eigenvalue weighted by molar-refractivity contribution is 8.01. The maximum atomic E-state index is 12.1. The Morgan fingerprint density at radius 3 is 2.56 bits per heavy atom. The number of benzene rings is 2. The molecule has 0 bridgehead atoms. The van der Waals surface area contributed by atoms with Crippen LogP contribution >= 0.6 is 23.1 Å². The van der Waals surface area contributed by atoms with Crippen LogP contribution in [0.4, 0.5) is 11.4 Å². The van der Waals surface area contributed by atoms with Crippen LogP contribution in [0.1, 0.15) is 12.5 Å². The number of rotatable bonds is 7. The molecule has 0 saturated heterocycles. The van der Waals surface area contributed by atoms with Gasteiger partial charge in [-0.25, -0.2) is 13.4 Å². The molecule has 9 heteroatoms. The molecule has 0 aliphatic heterocycles. The third-order valence-corrected chi connectivity index (χ3v) is 7.15. The van der Waals surface area contributed by atoms with Crippen molar-refractivity contribution in [3.63, 3.8) is 0 Å². The van der Waals surface area contributed by atoms with Crippen LogP contribution in [0.15, 0.2) is 46.8 Å². The standard InChI is InChI=1S/C18H19N3O3S3/c1-3-27(23,24)21-14-8-9-15-16(10-14)26-18(20-15)25-11-17(22)19-13-6-4-12(2)5-7-13/h4-10,21H,3,11H2,1-2H3,(H,19,22). The highest BCUT2D eigenvalue weighted by atomic mass is 32.2. The van der Waals surface area contributed by atoms with Gasteiger partial charge in [0.15, 0.2) is 4.34 Å². The number of hydrogen-bond donors (Lipinski definition) is 2.